The van der Waals surface area contributed by atoms with E-state index in [-0.39, 0.29) is 24.2 Å². The van der Waals surface area contributed by atoms with Gasteiger partial charge in [-0.05, 0) is 42.1 Å². The fourth-order valence-corrected chi connectivity index (χ4v) is 4.50. The van der Waals surface area contributed by atoms with Crippen molar-refractivity contribution in [1.29, 1.82) is 0 Å². The zero-order valence-corrected chi connectivity index (χ0v) is 22.1. The van der Waals surface area contributed by atoms with E-state index in [1.165, 1.54) is 19.2 Å². The highest BCUT2D eigenvalue weighted by atomic mass is 32.2. The number of hydrogen-bond donors (Lipinski definition) is 2. The van der Waals surface area contributed by atoms with Gasteiger partial charge in [-0.1, -0.05) is 51.1 Å². The van der Waals surface area contributed by atoms with Gasteiger partial charge in [0.05, 0.1) is 12.2 Å². The van der Waals surface area contributed by atoms with Gasteiger partial charge in [-0.2, -0.15) is 0 Å². The molecule has 36 heavy (non-hydrogen) atoms. The molecular formula is C27H34FN5O2S. The molecule has 0 saturated carbocycles. The summed E-state index contributed by atoms with van der Waals surface area (Å²) in [4.78, 5) is 30.1. The number of hydrogen-bond acceptors (Lipinski definition) is 5. The van der Waals surface area contributed by atoms with Gasteiger partial charge in [0.2, 0.25) is 5.91 Å². The van der Waals surface area contributed by atoms with Crippen LogP contribution in [0.4, 0.5) is 4.39 Å². The van der Waals surface area contributed by atoms with Gasteiger partial charge in [0.15, 0.2) is 0 Å². The zero-order valence-electron chi connectivity index (χ0n) is 21.3. The first-order valence-corrected chi connectivity index (χ1v) is 12.9. The number of fused-ring (bicyclic) bond motifs is 1. The molecule has 2 aromatic carbocycles. The Balaban J connectivity index is 0.000000840. The third kappa shape index (κ3) is 7.66. The number of amides is 2. The molecule has 1 aromatic heterocycles. The number of carbonyl (C=O) groups is 2. The third-order valence-electron chi connectivity index (χ3n) is 5.23. The molecule has 7 nitrogen and oxygen atoms in total. The van der Waals surface area contributed by atoms with E-state index in [4.69, 9.17) is 0 Å². The molecule has 0 atom stereocenters. The van der Waals surface area contributed by atoms with Crippen LogP contribution in [0.15, 0.2) is 59.5 Å². The average molecular weight is 512 g/mol. The van der Waals surface area contributed by atoms with Crippen molar-refractivity contribution < 1.29 is 14.0 Å². The van der Waals surface area contributed by atoms with Crippen LogP contribution in [0.1, 0.15) is 37.0 Å². The predicted octanol–water partition coefficient (Wildman–Crippen LogP) is 4.39. The number of nitrogens with one attached hydrogen (secondary N) is 2. The molecule has 2 N–H and O–H groups in total. The van der Waals surface area contributed by atoms with Gasteiger partial charge in [-0.15, -0.1) is 0 Å². The smallest absolute Gasteiger partial charge is 0.272 e. The second-order valence-electron chi connectivity index (χ2n) is 9.06. The van der Waals surface area contributed by atoms with Crippen LogP contribution in [0.3, 0.4) is 0 Å². The number of aromatic nitrogens is 2. The second-order valence-corrected chi connectivity index (χ2v) is 10.2. The second kappa shape index (κ2) is 13.2. The third-order valence-corrected chi connectivity index (χ3v) is 6.33. The molecule has 0 saturated heterocycles. The maximum Gasteiger partial charge on any atom is 0.272 e. The van der Waals surface area contributed by atoms with Crippen molar-refractivity contribution in [3.8, 4) is 11.4 Å². The molecule has 9 heteroatoms. The van der Waals surface area contributed by atoms with E-state index < -0.39 is 0 Å². The lowest BCUT2D eigenvalue weighted by Gasteiger charge is -2.18. The highest BCUT2D eigenvalue weighted by molar-refractivity contribution is 7.97. The average Bonchev–Trinajstić information content (AvgIpc) is 3.11. The molecular weight excluding hydrogens is 477 g/mol. The molecule has 192 valence electrons. The normalized spacial score (nSPS) is 13.3. The molecule has 0 spiro atoms. The Morgan fingerprint density at radius 1 is 1.03 bits per heavy atom. The first-order chi connectivity index (χ1) is 17.3. The van der Waals surface area contributed by atoms with Crippen molar-refractivity contribution in [2.45, 2.75) is 38.6 Å². The van der Waals surface area contributed by atoms with E-state index in [2.05, 4.69) is 45.3 Å². The lowest BCUT2D eigenvalue weighted by molar-refractivity contribution is -0.119. The molecule has 0 fully saturated rings. The fourth-order valence-electron chi connectivity index (χ4n) is 3.59. The van der Waals surface area contributed by atoms with Gasteiger partial charge >= 0.3 is 0 Å². The summed E-state index contributed by atoms with van der Waals surface area (Å²) in [6.07, 6.45) is 0.622. The minimum absolute atomic E-state index is 0.102. The SMILES string of the molecule is CC(C)C.CNC(=O)CNC(=O)c1nc(-c2ccccc2)n2c1CCN(Sc1ccc(F)cc1)CC2. The number of benzene rings is 2. The summed E-state index contributed by atoms with van der Waals surface area (Å²) in [5.74, 6) is 0.680. The van der Waals surface area contributed by atoms with Crippen molar-refractivity contribution in [2.75, 3.05) is 26.7 Å². The van der Waals surface area contributed by atoms with Crippen LogP contribution in [0, 0.1) is 11.7 Å². The van der Waals surface area contributed by atoms with Crippen LogP contribution >= 0.6 is 11.9 Å². The number of imidazole rings is 1. The van der Waals surface area contributed by atoms with Crippen molar-refractivity contribution in [3.05, 3.63) is 71.8 Å². The lowest BCUT2D eigenvalue weighted by Crippen LogP contribution is -2.35. The van der Waals surface area contributed by atoms with Gasteiger partial charge in [-0.25, -0.2) is 13.7 Å². The van der Waals surface area contributed by atoms with Crippen molar-refractivity contribution in [1.82, 2.24) is 24.5 Å². The molecule has 0 radical (unpaired) electrons. The van der Waals surface area contributed by atoms with Crippen LogP contribution in [0.2, 0.25) is 0 Å². The highest BCUT2D eigenvalue weighted by Crippen LogP contribution is 2.29. The quantitative estimate of drug-likeness (QED) is 0.480. The van der Waals surface area contributed by atoms with Gasteiger partial charge in [-0.3, -0.25) is 9.59 Å². The Hall–Kier alpha value is -3.17. The molecule has 3 aromatic rings. The summed E-state index contributed by atoms with van der Waals surface area (Å²) >= 11 is 1.57. The molecule has 1 aliphatic heterocycles. The van der Waals surface area contributed by atoms with Crippen LogP contribution in [-0.2, 0) is 17.8 Å². The maximum atomic E-state index is 13.2. The van der Waals surface area contributed by atoms with E-state index in [1.54, 1.807) is 24.1 Å². The van der Waals surface area contributed by atoms with E-state index in [1.807, 2.05) is 30.3 Å². The zero-order chi connectivity index (χ0) is 26.1. The number of carbonyl (C=O) groups excluding carboxylic acids is 2. The highest BCUT2D eigenvalue weighted by Gasteiger charge is 2.26. The topological polar surface area (TPSA) is 79.3 Å². The van der Waals surface area contributed by atoms with Crippen LogP contribution in [0.5, 0.6) is 0 Å². The number of likely N-dealkylation sites (N-methyl/N-ethyl adjacent to an activating group) is 1. The number of nitrogens with zero attached hydrogens (tertiary/aromatic N) is 3. The molecule has 0 bridgehead atoms. The summed E-state index contributed by atoms with van der Waals surface area (Å²) in [5, 5.41) is 5.16. The standard InChI is InChI=1S/C23H24FN5O2S.C4H10/c1-25-20(30)15-26-23(31)21-19-11-12-28(32-18-9-7-17(24)8-10-18)13-14-29(19)22(27-21)16-5-3-2-4-6-16;1-4(2)3/h2-10H,11-15H2,1H3,(H,25,30)(H,26,31);4H,1-3H3. The van der Waals surface area contributed by atoms with Crippen LogP contribution in [0.25, 0.3) is 11.4 Å². The van der Waals surface area contributed by atoms with Gasteiger partial charge < -0.3 is 15.2 Å². The van der Waals surface area contributed by atoms with Gasteiger partial charge in [0.1, 0.15) is 17.3 Å². The molecule has 2 amide bonds. The number of halogens is 1. The first kappa shape index (κ1) is 27.4. The molecule has 0 unspecified atom stereocenters. The minimum atomic E-state index is -0.362. The summed E-state index contributed by atoms with van der Waals surface area (Å²) in [6.45, 7) is 8.50. The van der Waals surface area contributed by atoms with E-state index in [0.29, 0.717) is 25.2 Å². The Bertz CT molecular complexity index is 1150. The molecule has 4 rings (SSSR count). The summed E-state index contributed by atoms with van der Waals surface area (Å²) in [5.41, 5.74) is 2.13. The summed E-state index contributed by atoms with van der Waals surface area (Å²) < 4.78 is 17.5. The van der Waals surface area contributed by atoms with Crippen molar-refractivity contribution in [2.24, 2.45) is 5.92 Å². The van der Waals surface area contributed by atoms with Crippen LogP contribution in [-0.4, -0.2) is 52.4 Å². The number of rotatable bonds is 6. The summed E-state index contributed by atoms with van der Waals surface area (Å²) in [6, 6.07) is 16.2. The molecule has 1 aliphatic rings. The monoisotopic (exact) mass is 511 g/mol. The minimum Gasteiger partial charge on any atom is -0.358 e. The Morgan fingerprint density at radius 3 is 2.33 bits per heavy atom. The fraction of sp³-hybridized carbons (Fsp3) is 0.370. The predicted molar refractivity (Wildman–Crippen MR) is 142 cm³/mol. The maximum absolute atomic E-state index is 13.2. The first-order valence-electron chi connectivity index (χ1n) is 12.1. The van der Waals surface area contributed by atoms with Crippen molar-refractivity contribution in [3.63, 3.8) is 0 Å². The molecule has 0 aliphatic carbocycles. The largest absolute Gasteiger partial charge is 0.358 e. The van der Waals surface area contributed by atoms with Gasteiger partial charge in [0.25, 0.3) is 5.91 Å². The van der Waals surface area contributed by atoms with E-state index in [0.717, 1.165) is 34.4 Å². The van der Waals surface area contributed by atoms with E-state index >= 15 is 0 Å². The van der Waals surface area contributed by atoms with E-state index in [9.17, 15) is 14.0 Å². The van der Waals surface area contributed by atoms with Gasteiger partial charge in [0, 0.05) is 43.6 Å². The van der Waals surface area contributed by atoms with Crippen LogP contribution < -0.4 is 10.6 Å². The lowest BCUT2D eigenvalue weighted by atomic mass is 10.2. The Kier molecular flexibility index (Phi) is 10.1. The van der Waals surface area contributed by atoms with Crippen molar-refractivity contribution >= 4 is 23.8 Å². The Morgan fingerprint density at radius 2 is 1.69 bits per heavy atom. The Labute approximate surface area is 216 Å². The molecule has 2 heterocycles. The summed E-state index contributed by atoms with van der Waals surface area (Å²) in [7, 11) is 1.53.